The van der Waals surface area contributed by atoms with Crippen LogP contribution in [0.1, 0.15) is 5.69 Å². The zero-order valence-corrected chi connectivity index (χ0v) is 9.87. The van der Waals surface area contributed by atoms with Gasteiger partial charge in [0.1, 0.15) is 5.69 Å². The van der Waals surface area contributed by atoms with Crippen molar-refractivity contribution in [2.24, 2.45) is 5.73 Å². The molecule has 1 aromatic heterocycles. The minimum absolute atomic E-state index is 0.223. The number of halogens is 3. The number of carboxylic acids is 1. The van der Waals surface area contributed by atoms with Crippen LogP contribution < -0.4 is 5.73 Å². The number of benzene rings is 1. The standard InChI is InChI=1S/C11H9F3N4O2/c12-11(13,14)10(15,9(19)20)8-6-16-17-18(8)7-4-2-1-3-5-7/h1-6H,15H2,(H,19,20). The number of nitrogens with two attached hydrogens (primary N) is 1. The van der Waals surface area contributed by atoms with Gasteiger partial charge >= 0.3 is 12.1 Å². The van der Waals surface area contributed by atoms with Crippen LogP contribution in [0.4, 0.5) is 13.2 Å². The molecule has 0 aliphatic rings. The highest BCUT2D eigenvalue weighted by molar-refractivity contribution is 5.81. The van der Waals surface area contributed by atoms with Gasteiger partial charge in [0.05, 0.1) is 11.9 Å². The van der Waals surface area contributed by atoms with Gasteiger partial charge in [-0.15, -0.1) is 5.10 Å². The fourth-order valence-electron chi connectivity index (χ4n) is 1.64. The van der Waals surface area contributed by atoms with Crippen LogP contribution in [0.15, 0.2) is 36.5 Å². The maximum Gasteiger partial charge on any atom is 0.423 e. The van der Waals surface area contributed by atoms with Crippen LogP contribution in [0.2, 0.25) is 0 Å². The third-order valence-electron chi connectivity index (χ3n) is 2.74. The Kier molecular flexibility index (Phi) is 3.22. The molecule has 3 N–H and O–H groups in total. The molecular weight excluding hydrogens is 277 g/mol. The van der Waals surface area contributed by atoms with Crippen LogP contribution in [0.3, 0.4) is 0 Å². The normalized spacial score (nSPS) is 14.8. The van der Waals surface area contributed by atoms with Crippen molar-refractivity contribution in [1.29, 1.82) is 0 Å². The molecule has 0 bridgehead atoms. The largest absolute Gasteiger partial charge is 0.479 e. The molecular formula is C11H9F3N4O2. The Labute approximate surface area is 110 Å². The summed E-state index contributed by atoms with van der Waals surface area (Å²) < 4.78 is 39.9. The zero-order chi connectivity index (χ0) is 15.0. The van der Waals surface area contributed by atoms with Gasteiger partial charge in [-0.05, 0) is 12.1 Å². The lowest BCUT2D eigenvalue weighted by molar-refractivity contribution is -0.206. The van der Waals surface area contributed by atoms with E-state index < -0.39 is 23.4 Å². The summed E-state index contributed by atoms with van der Waals surface area (Å²) in [5.41, 5.74) is 0.954. The van der Waals surface area contributed by atoms with Crippen LogP contribution in [0.25, 0.3) is 5.69 Å². The number of carbonyl (C=O) groups is 1. The molecule has 0 saturated heterocycles. The van der Waals surface area contributed by atoms with E-state index in [9.17, 15) is 18.0 Å². The first-order valence-corrected chi connectivity index (χ1v) is 5.34. The molecule has 106 valence electrons. The lowest BCUT2D eigenvalue weighted by atomic mass is 9.96. The van der Waals surface area contributed by atoms with Crippen molar-refractivity contribution in [3.8, 4) is 5.69 Å². The summed E-state index contributed by atoms with van der Waals surface area (Å²) in [5, 5.41) is 15.7. The fraction of sp³-hybridized carbons (Fsp3) is 0.182. The quantitative estimate of drug-likeness (QED) is 0.880. The van der Waals surface area contributed by atoms with Crippen LogP contribution in [-0.2, 0) is 10.3 Å². The Bertz CT molecular complexity index is 626. The first-order chi connectivity index (χ1) is 9.28. The Morgan fingerprint density at radius 3 is 2.35 bits per heavy atom. The van der Waals surface area contributed by atoms with Crippen molar-refractivity contribution in [3.63, 3.8) is 0 Å². The number of aromatic nitrogens is 3. The smallest absolute Gasteiger partial charge is 0.423 e. The molecule has 1 aromatic carbocycles. The number of hydrogen-bond donors (Lipinski definition) is 2. The Morgan fingerprint density at radius 1 is 1.25 bits per heavy atom. The predicted molar refractivity (Wildman–Crippen MR) is 60.9 cm³/mol. The van der Waals surface area contributed by atoms with E-state index in [1.165, 1.54) is 12.1 Å². The van der Waals surface area contributed by atoms with Gasteiger partial charge in [-0.2, -0.15) is 13.2 Å². The van der Waals surface area contributed by atoms with Crippen LogP contribution in [0.5, 0.6) is 0 Å². The number of rotatable bonds is 3. The number of carboxylic acid groups (broad SMARTS) is 1. The average molecular weight is 286 g/mol. The summed E-state index contributed by atoms with van der Waals surface area (Å²) in [7, 11) is 0. The zero-order valence-electron chi connectivity index (χ0n) is 9.87. The van der Waals surface area contributed by atoms with E-state index in [1.807, 2.05) is 0 Å². The van der Waals surface area contributed by atoms with Crippen molar-refractivity contribution < 1.29 is 23.1 Å². The number of hydrogen-bond acceptors (Lipinski definition) is 4. The number of aliphatic carboxylic acids is 1. The lowest BCUT2D eigenvalue weighted by Gasteiger charge is -2.27. The maximum atomic E-state index is 13.0. The van der Waals surface area contributed by atoms with E-state index >= 15 is 0 Å². The molecule has 0 radical (unpaired) electrons. The van der Waals surface area contributed by atoms with Gasteiger partial charge in [0.2, 0.25) is 0 Å². The second-order valence-corrected chi connectivity index (χ2v) is 3.98. The maximum absolute atomic E-state index is 13.0. The molecule has 0 aliphatic heterocycles. The molecule has 20 heavy (non-hydrogen) atoms. The van der Waals surface area contributed by atoms with E-state index in [0.717, 1.165) is 4.68 Å². The first kappa shape index (κ1) is 14.0. The van der Waals surface area contributed by atoms with E-state index in [0.29, 0.717) is 6.20 Å². The van der Waals surface area contributed by atoms with Crippen molar-refractivity contribution in [2.75, 3.05) is 0 Å². The molecule has 0 amide bonds. The van der Waals surface area contributed by atoms with Gasteiger partial charge in [0, 0.05) is 0 Å². The Hall–Kier alpha value is -2.42. The molecule has 0 saturated carbocycles. The molecule has 2 rings (SSSR count). The molecule has 9 heteroatoms. The summed E-state index contributed by atoms with van der Waals surface area (Å²) >= 11 is 0. The topological polar surface area (TPSA) is 94.0 Å². The van der Waals surface area contributed by atoms with Gasteiger partial charge in [-0.1, -0.05) is 23.4 Å². The van der Waals surface area contributed by atoms with Crippen LogP contribution >= 0.6 is 0 Å². The summed E-state index contributed by atoms with van der Waals surface area (Å²) in [6.45, 7) is 0. The van der Waals surface area contributed by atoms with E-state index in [4.69, 9.17) is 10.8 Å². The Balaban J connectivity index is 2.65. The molecule has 0 fully saturated rings. The minimum atomic E-state index is -5.20. The Morgan fingerprint density at radius 2 is 1.85 bits per heavy atom. The summed E-state index contributed by atoms with van der Waals surface area (Å²) in [6.07, 6.45) is -4.51. The van der Waals surface area contributed by atoms with Crippen molar-refractivity contribution in [1.82, 2.24) is 15.0 Å². The van der Waals surface area contributed by atoms with E-state index in [-0.39, 0.29) is 5.69 Å². The van der Waals surface area contributed by atoms with Gasteiger partial charge < -0.3 is 10.8 Å². The van der Waals surface area contributed by atoms with Gasteiger partial charge in [-0.25, -0.2) is 9.48 Å². The monoisotopic (exact) mass is 286 g/mol. The lowest BCUT2D eigenvalue weighted by Crippen LogP contribution is -2.57. The fourth-order valence-corrected chi connectivity index (χ4v) is 1.64. The van der Waals surface area contributed by atoms with Crippen LogP contribution in [-0.4, -0.2) is 32.2 Å². The molecule has 6 nitrogen and oxygen atoms in total. The highest BCUT2D eigenvalue weighted by atomic mass is 19.4. The van der Waals surface area contributed by atoms with Crippen molar-refractivity contribution >= 4 is 5.97 Å². The SMILES string of the molecule is NC(C(=O)O)(c1cnnn1-c1ccccc1)C(F)(F)F. The first-order valence-electron chi connectivity index (χ1n) is 5.34. The molecule has 1 heterocycles. The highest BCUT2D eigenvalue weighted by Crippen LogP contribution is 2.37. The molecule has 2 aromatic rings. The number of para-hydroxylation sites is 1. The van der Waals surface area contributed by atoms with Gasteiger partial charge in [-0.3, -0.25) is 0 Å². The second kappa shape index (κ2) is 4.60. The minimum Gasteiger partial charge on any atom is -0.479 e. The average Bonchev–Trinajstić information content (AvgIpc) is 2.86. The third kappa shape index (κ3) is 2.01. The molecule has 0 aliphatic carbocycles. The van der Waals surface area contributed by atoms with Crippen molar-refractivity contribution in [2.45, 2.75) is 11.7 Å². The van der Waals surface area contributed by atoms with Crippen molar-refractivity contribution in [3.05, 3.63) is 42.2 Å². The third-order valence-corrected chi connectivity index (χ3v) is 2.74. The summed E-state index contributed by atoms with van der Waals surface area (Å²) in [4.78, 5) is 11.0. The summed E-state index contributed by atoms with van der Waals surface area (Å²) in [5.74, 6) is -2.23. The van der Waals surface area contributed by atoms with E-state index in [1.54, 1.807) is 18.2 Å². The highest BCUT2D eigenvalue weighted by Gasteiger charge is 2.61. The second-order valence-electron chi connectivity index (χ2n) is 3.98. The predicted octanol–water partition coefficient (Wildman–Crippen LogP) is 1.07. The van der Waals surface area contributed by atoms with Gasteiger partial charge in [0.25, 0.3) is 5.54 Å². The van der Waals surface area contributed by atoms with Crippen LogP contribution in [0, 0.1) is 0 Å². The molecule has 0 spiro atoms. The van der Waals surface area contributed by atoms with E-state index in [2.05, 4.69) is 10.3 Å². The molecule has 1 unspecified atom stereocenters. The summed E-state index contributed by atoms with van der Waals surface area (Å²) in [6, 6.07) is 7.69. The van der Waals surface area contributed by atoms with Gasteiger partial charge in [0.15, 0.2) is 0 Å². The number of alkyl halides is 3. The molecule has 1 atom stereocenters. The number of nitrogens with zero attached hydrogens (tertiary/aromatic N) is 3.